The van der Waals surface area contributed by atoms with Gasteiger partial charge in [-0.15, -0.1) is 0 Å². The Morgan fingerprint density at radius 1 is 0.879 bits per heavy atom. The summed E-state index contributed by atoms with van der Waals surface area (Å²) in [7, 11) is 3.50. The van der Waals surface area contributed by atoms with Crippen LogP contribution in [0.15, 0.2) is 48.5 Å². The number of rotatable bonds is 9. The molecule has 3 N–H and O–H groups in total. The van der Waals surface area contributed by atoms with E-state index in [4.69, 9.17) is 0 Å². The lowest BCUT2D eigenvalue weighted by molar-refractivity contribution is -0.128. The first-order chi connectivity index (χ1) is 15.9. The highest BCUT2D eigenvalue weighted by molar-refractivity contribution is 5.95. The summed E-state index contributed by atoms with van der Waals surface area (Å²) in [6, 6.07) is 15.0. The first-order valence-corrected chi connectivity index (χ1v) is 11.6. The van der Waals surface area contributed by atoms with Crippen molar-refractivity contribution in [1.82, 2.24) is 10.2 Å². The van der Waals surface area contributed by atoms with Crippen LogP contribution in [0.1, 0.15) is 54.4 Å². The van der Waals surface area contributed by atoms with E-state index >= 15 is 0 Å². The molecule has 2 aromatic carbocycles. The van der Waals surface area contributed by atoms with E-state index in [9.17, 15) is 14.4 Å². The Kier molecular flexibility index (Phi) is 8.87. The van der Waals surface area contributed by atoms with Gasteiger partial charge in [0.1, 0.15) is 0 Å². The van der Waals surface area contributed by atoms with Crippen LogP contribution in [0.3, 0.4) is 0 Å². The maximum absolute atomic E-state index is 12.4. The summed E-state index contributed by atoms with van der Waals surface area (Å²) >= 11 is 0. The van der Waals surface area contributed by atoms with Crippen molar-refractivity contribution < 1.29 is 14.4 Å². The molecule has 1 aliphatic rings. The molecule has 1 aliphatic carbocycles. The summed E-state index contributed by atoms with van der Waals surface area (Å²) in [4.78, 5) is 38.0. The van der Waals surface area contributed by atoms with Crippen molar-refractivity contribution in [3.8, 4) is 0 Å². The van der Waals surface area contributed by atoms with Gasteiger partial charge in [0.15, 0.2) is 0 Å². The van der Waals surface area contributed by atoms with Gasteiger partial charge in [0.25, 0.3) is 5.91 Å². The summed E-state index contributed by atoms with van der Waals surface area (Å²) in [5.41, 5.74) is 3.16. The maximum Gasteiger partial charge on any atom is 0.251 e. The molecule has 176 valence electrons. The predicted molar refractivity (Wildman–Crippen MR) is 131 cm³/mol. The highest BCUT2D eigenvalue weighted by Gasteiger charge is 2.16. The third-order valence-corrected chi connectivity index (χ3v) is 5.90. The van der Waals surface area contributed by atoms with E-state index in [1.165, 1.54) is 19.3 Å². The van der Waals surface area contributed by atoms with Gasteiger partial charge in [0, 0.05) is 43.5 Å². The van der Waals surface area contributed by atoms with Gasteiger partial charge in [0.2, 0.25) is 11.8 Å². The van der Waals surface area contributed by atoms with Crippen molar-refractivity contribution in [3.63, 3.8) is 0 Å². The van der Waals surface area contributed by atoms with Crippen LogP contribution in [0, 0.1) is 0 Å². The third-order valence-electron chi connectivity index (χ3n) is 5.90. The van der Waals surface area contributed by atoms with Gasteiger partial charge in [-0.2, -0.15) is 0 Å². The van der Waals surface area contributed by atoms with E-state index < -0.39 is 0 Å². The largest absolute Gasteiger partial charge is 0.376 e. The summed E-state index contributed by atoms with van der Waals surface area (Å²) in [5.74, 6) is -0.110. The van der Waals surface area contributed by atoms with Gasteiger partial charge in [-0.25, -0.2) is 0 Å². The van der Waals surface area contributed by atoms with E-state index in [0.29, 0.717) is 24.1 Å². The van der Waals surface area contributed by atoms with Crippen LogP contribution in [0.2, 0.25) is 0 Å². The van der Waals surface area contributed by atoms with Gasteiger partial charge < -0.3 is 20.9 Å². The molecule has 0 aromatic heterocycles. The van der Waals surface area contributed by atoms with Crippen LogP contribution in [0.5, 0.6) is 0 Å². The number of hydrogen-bond acceptors (Lipinski definition) is 4. The Bertz CT molecular complexity index is 933. The first-order valence-electron chi connectivity index (χ1n) is 11.6. The van der Waals surface area contributed by atoms with E-state index in [0.717, 1.165) is 24.1 Å². The Hall–Kier alpha value is -3.35. The molecule has 1 fully saturated rings. The van der Waals surface area contributed by atoms with Gasteiger partial charge >= 0.3 is 0 Å². The molecule has 0 unspecified atom stereocenters. The van der Waals surface area contributed by atoms with Crippen molar-refractivity contribution in [2.45, 2.75) is 51.0 Å². The van der Waals surface area contributed by atoms with Crippen molar-refractivity contribution in [2.75, 3.05) is 31.3 Å². The number of nitrogens with one attached hydrogen (secondary N) is 3. The topological polar surface area (TPSA) is 90.5 Å². The Morgan fingerprint density at radius 2 is 1.52 bits per heavy atom. The van der Waals surface area contributed by atoms with Gasteiger partial charge in [-0.05, 0) is 61.2 Å². The Labute approximate surface area is 195 Å². The lowest BCUT2D eigenvalue weighted by Crippen LogP contribution is -2.36. The summed E-state index contributed by atoms with van der Waals surface area (Å²) in [6.45, 7) is 0.118. The molecular weight excluding hydrogens is 416 g/mol. The minimum atomic E-state index is -0.162. The highest BCUT2D eigenvalue weighted by atomic mass is 16.2. The number of aryl methyl sites for hydroxylation is 1. The number of nitrogens with zero attached hydrogens (tertiary/aromatic N) is 1. The molecule has 0 radical (unpaired) electrons. The molecule has 7 nitrogen and oxygen atoms in total. The van der Waals surface area contributed by atoms with E-state index in [1.807, 2.05) is 36.4 Å². The van der Waals surface area contributed by atoms with Crippen LogP contribution >= 0.6 is 0 Å². The lowest BCUT2D eigenvalue weighted by atomic mass is 9.95. The fraction of sp³-hybridized carbons (Fsp3) is 0.423. The normalized spacial score (nSPS) is 13.8. The maximum atomic E-state index is 12.4. The molecule has 3 amide bonds. The monoisotopic (exact) mass is 450 g/mol. The predicted octanol–water partition coefficient (Wildman–Crippen LogP) is 3.82. The zero-order valence-electron chi connectivity index (χ0n) is 19.5. The SMILES string of the molecule is CN(C)C(=O)CCc1ccc(NC(=O)CNc2ccc(C(=O)NC3CCCCC3)cc2)cc1. The Morgan fingerprint density at radius 3 is 2.15 bits per heavy atom. The van der Waals surface area contributed by atoms with Gasteiger partial charge in [-0.3, -0.25) is 14.4 Å². The smallest absolute Gasteiger partial charge is 0.251 e. The molecule has 0 heterocycles. The van der Waals surface area contributed by atoms with E-state index in [2.05, 4.69) is 16.0 Å². The van der Waals surface area contributed by atoms with E-state index in [1.54, 1.807) is 31.1 Å². The molecule has 0 aliphatic heterocycles. The number of anilines is 2. The van der Waals surface area contributed by atoms with Crippen molar-refractivity contribution in [1.29, 1.82) is 0 Å². The van der Waals surface area contributed by atoms with Crippen molar-refractivity contribution >= 4 is 29.1 Å². The molecule has 7 heteroatoms. The average molecular weight is 451 g/mol. The van der Waals surface area contributed by atoms with E-state index in [-0.39, 0.29) is 30.3 Å². The average Bonchev–Trinajstić information content (AvgIpc) is 2.83. The van der Waals surface area contributed by atoms with Gasteiger partial charge in [0.05, 0.1) is 6.54 Å². The second-order valence-corrected chi connectivity index (χ2v) is 8.77. The number of hydrogen-bond donors (Lipinski definition) is 3. The fourth-order valence-corrected chi connectivity index (χ4v) is 3.87. The zero-order chi connectivity index (χ0) is 23.6. The number of carbonyl (C=O) groups is 3. The standard InChI is InChI=1S/C26H34N4O3/c1-30(2)25(32)17-10-19-8-13-23(14-9-19)28-24(31)18-27-21-15-11-20(12-16-21)26(33)29-22-6-4-3-5-7-22/h8-9,11-16,22,27H,3-7,10,17-18H2,1-2H3,(H,28,31)(H,29,33). The minimum absolute atomic E-state index is 0.0410. The number of carbonyl (C=O) groups excluding carboxylic acids is 3. The Balaban J connectivity index is 1.41. The minimum Gasteiger partial charge on any atom is -0.376 e. The van der Waals surface area contributed by atoms with Crippen LogP contribution in [-0.2, 0) is 16.0 Å². The number of benzene rings is 2. The molecular formula is C26H34N4O3. The molecule has 3 rings (SSSR count). The second kappa shape index (κ2) is 12.0. The van der Waals surface area contributed by atoms with Gasteiger partial charge in [-0.1, -0.05) is 31.4 Å². The molecule has 0 bridgehead atoms. The molecule has 0 atom stereocenters. The molecule has 1 saturated carbocycles. The van der Waals surface area contributed by atoms with Crippen molar-refractivity contribution in [3.05, 3.63) is 59.7 Å². The van der Waals surface area contributed by atoms with Crippen LogP contribution in [-0.4, -0.2) is 49.3 Å². The summed E-state index contributed by atoms with van der Waals surface area (Å²) in [6.07, 6.45) is 6.85. The quantitative estimate of drug-likeness (QED) is 0.542. The zero-order valence-corrected chi connectivity index (χ0v) is 19.5. The summed E-state index contributed by atoms with van der Waals surface area (Å²) < 4.78 is 0. The fourth-order valence-electron chi connectivity index (χ4n) is 3.87. The molecule has 0 saturated heterocycles. The number of amides is 3. The molecule has 2 aromatic rings. The molecule has 0 spiro atoms. The summed E-state index contributed by atoms with van der Waals surface area (Å²) in [5, 5.41) is 9.05. The lowest BCUT2D eigenvalue weighted by Gasteiger charge is -2.22. The van der Waals surface area contributed by atoms with Crippen molar-refractivity contribution in [2.24, 2.45) is 0 Å². The molecule has 33 heavy (non-hydrogen) atoms. The first kappa shape index (κ1) is 24.3. The van der Waals surface area contributed by atoms with Crippen LogP contribution in [0.4, 0.5) is 11.4 Å². The van der Waals surface area contributed by atoms with Crippen LogP contribution in [0.25, 0.3) is 0 Å². The second-order valence-electron chi connectivity index (χ2n) is 8.77. The third kappa shape index (κ3) is 7.93. The van der Waals surface area contributed by atoms with Crippen LogP contribution < -0.4 is 16.0 Å². The highest BCUT2D eigenvalue weighted by Crippen LogP contribution is 2.18.